The highest BCUT2D eigenvalue weighted by atomic mass is 15.6. The van der Waals surface area contributed by atoms with Gasteiger partial charge in [0.15, 0.2) is 11.6 Å². The number of hydrogen-bond acceptors (Lipinski definition) is 6. The average Bonchev–Trinajstić information content (AvgIpc) is 2.63. The van der Waals surface area contributed by atoms with Gasteiger partial charge in [-0.1, -0.05) is 5.21 Å². The molecule has 0 spiro atoms. The van der Waals surface area contributed by atoms with Crippen molar-refractivity contribution in [3.8, 4) is 0 Å². The van der Waals surface area contributed by atoms with Gasteiger partial charge in [0.25, 0.3) is 0 Å². The van der Waals surface area contributed by atoms with Crippen LogP contribution in [0.5, 0.6) is 0 Å². The topological polar surface area (TPSA) is 98.1 Å². The lowest BCUT2D eigenvalue weighted by Crippen LogP contribution is -1.96. The molecule has 62 valence electrons. The van der Waals surface area contributed by atoms with Crippen LogP contribution in [0.1, 0.15) is 11.6 Å². The first-order valence-electron chi connectivity index (χ1n) is 3.30. The summed E-state index contributed by atoms with van der Waals surface area (Å²) in [7, 11) is 1.70. The Kier molecular flexibility index (Phi) is 1.50. The zero-order valence-electron chi connectivity index (χ0n) is 6.34. The second-order valence-electron chi connectivity index (χ2n) is 2.20. The van der Waals surface area contributed by atoms with Crippen molar-refractivity contribution in [3.05, 3.63) is 11.6 Å². The van der Waals surface area contributed by atoms with Gasteiger partial charge in [0.1, 0.15) is 0 Å². The molecule has 0 atom stereocenters. The van der Waals surface area contributed by atoms with Gasteiger partial charge in [-0.15, -0.1) is 20.4 Å². The maximum Gasteiger partial charge on any atom is 0.182 e. The Morgan fingerprint density at radius 1 is 1.33 bits per heavy atom. The molecule has 0 aliphatic carbocycles. The molecule has 8 nitrogen and oxygen atoms in total. The Bertz CT molecular complexity index is 347. The number of H-pyrrole nitrogens is 1. The molecule has 8 heteroatoms. The zero-order chi connectivity index (χ0) is 8.39. The van der Waals surface area contributed by atoms with Gasteiger partial charge in [0.2, 0.25) is 0 Å². The maximum atomic E-state index is 3.96. The number of nitrogens with one attached hydrogen (secondary N) is 1. The third-order valence-corrected chi connectivity index (χ3v) is 1.26. The summed E-state index contributed by atoms with van der Waals surface area (Å²) in [6.07, 6.45) is 0.449. The molecule has 0 fully saturated rings. The molecule has 12 heavy (non-hydrogen) atoms. The highest BCUT2D eigenvalue weighted by Gasteiger charge is 2.04. The van der Waals surface area contributed by atoms with Crippen molar-refractivity contribution >= 4 is 0 Å². The maximum absolute atomic E-state index is 3.96. The van der Waals surface area contributed by atoms with Gasteiger partial charge in [-0.25, -0.2) is 0 Å². The van der Waals surface area contributed by atoms with Crippen molar-refractivity contribution in [2.75, 3.05) is 0 Å². The Balaban J connectivity index is 2.14. The molecular weight excluding hydrogens is 160 g/mol. The SMILES string of the molecule is Cn1nnc(Cc2nn[nH]n2)n1. The smallest absolute Gasteiger partial charge is 0.177 e. The van der Waals surface area contributed by atoms with Gasteiger partial charge in [-0.2, -0.15) is 10.0 Å². The molecule has 0 radical (unpaired) electrons. The van der Waals surface area contributed by atoms with E-state index in [4.69, 9.17) is 0 Å². The molecule has 0 bridgehead atoms. The van der Waals surface area contributed by atoms with Crippen LogP contribution in [0.15, 0.2) is 0 Å². The van der Waals surface area contributed by atoms with E-state index in [1.807, 2.05) is 0 Å². The number of aromatic nitrogens is 8. The van der Waals surface area contributed by atoms with E-state index in [1.165, 1.54) is 4.80 Å². The summed E-state index contributed by atoms with van der Waals surface area (Å²) in [5.74, 6) is 1.14. The van der Waals surface area contributed by atoms with Crippen LogP contribution in [0.2, 0.25) is 0 Å². The quantitative estimate of drug-likeness (QED) is 0.571. The molecule has 2 heterocycles. The zero-order valence-corrected chi connectivity index (χ0v) is 6.34. The van der Waals surface area contributed by atoms with Crippen molar-refractivity contribution < 1.29 is 0 Å². The molecule has 0 aromatic carbocycles. The van der Waals surface area contributed by atoms with Crippen LogP contribution >= 0.6 is 0 Å². The summed E-state index contributed by atoms with van der Waals surface area (Å²) in [6, 6.07) is 0. The van der Waals surface area contributed by atoms with Crippen LogP contribution < -0.4 is 0 Å². The Hall–Kier alpha value is -1.86. The van der Waals surface area contributed by atoms with E-state index in [2.05, 4.69) is 36.0 Å². The second kappa shape index (κ2) is 2.64. The molecule has 2 aromatic rings. The van der Waals surface area contributed by atoms with E-state index in [0.29, 0.717) is 18.1 Å². The van der Waals surface area contributed by atoms with Crippen molar-refractivity contribution in [3.63, 3.8) is 0 Å². The number of tetrazole rings is 2. The van der Waals surface area contributed by atoms with E-state index in [-0.39, 0.29) is 0 Å². The Morgan fingerprint density at radius 3 is 2.83 bits per heavy atom. The Morgan fingerprint density at radius 2 is 2.25 bits per heavy atom. The molecule has 0 saturated carbocycles. The number of aromatic amines is 1. The van der Waals surface area contributed by atoms with Gasteiger partial charge in [-0.05, 0) is 5.21 Å². The standard InChI is InChI=1S/C4H6N8/c1-12-8-4(7-11-12)2-3-5-9-10-6-3/h2H2,1H3,(H,5,6,9,10). The van der Waals surface area contributed by atoms with Crippen molar-refractivity contribution in [2.24, 2.45) is 7.05 Å². The van der Waals surface area contributed by atoms with Crippen LogP contribution in [0.4, 0.5) is 0 Å². The van der Waals surface area contributed by atoms with E-state index in [9.17, 15) is 0 Å². The summed E-state index contributed by atoms with van der Waals surface area (Å²) in [6.45, 7) is 0. The first-order chi connectivity index (χ1) is 5.84. The second-order valence-corrected chi connectivity index (χ2v) is 2.20. The third kappa shape index (κ3) is 1.26. The van der Waals surface area contributed by atoms with Crippen LogP contribution in [-0.4, -0.2) is 40.8 Å². The van der Waals surface area contributed by atoms with Gasteiger partial charge in [-0.3, -0.25) is 0 Å². The molecule has 2 aromatic heterocycles. The largest absolute Gasteiger partial charge is 0.182 e. The minimum Gasteiger partial charge on any atom is -0.177 e. The first kappa shape index (κ1) is 6.83. The van der Waals surface area contributed by atoms with Crippen molar-refractivity contribution in [2.45, 2.75) is 6.42 Å². The highest BCUT2D eigenvalue weighted by molar-refractivity contribution is 4.91. The first-order valence-corrected chi connectivity index (χ1v) is 3.30. The van der Waals surface area contributed by atoms with Gasteiger partial charge in [0, 0.05) is 0 Å². The monoisotopic (exact) mass is 166 g/mol. The molecule has 1 N–H and O–H groups in total. The number of rotatable bonds is 2. The van der Waals surface area contributed by atoms with E-state index < -0.39 is 0 Å². The van der Waals surface area contributed by atoms with Gasteiger partial charge in [0.05, 0.1) is 13.5 Å². The van der Waals surface area contributed by atoms with Crippen LogP contribution in [0.25, 0.3) is 0 Å². The van der Waals surface area contributed by atoms with Crippen LogP contribution in [0.3, 0.4) is 0 Å². The normalized spacial score (nSPS) is 10.4. The van der Waals surface area contributed by atoms with Crippen molar-refractivity contribution in [1.29, 1.82) is 0 Å². The molecule has 0 aliphatic heterocycles. The van der Waals surface area contributed by atoms with Gasteiger partial charge >= 0.3 is 0 Å². The fraction of sp³-hybridized carbons (Fsp3) is 0.500. The lowest BCUT2D eigenvalue weighted by Gasteiger charge is -1.83. The molecule has 2 rings (SSSR count). The predicted molar refractivity (Wildman–Crippen MR) is 35.8 cm³/mol. The van der Waals surface area contributed by atoms with E-state index in [0.717, 1.165) is 0 Å². The lowest BCUT2D eigenvalue weighted by molar-refractivity contribution is 0.628. The molecule has 0 unspecified atom stereocenters. The van der Waals surface area contributed by atoms with Crippen LogP contribution in [-0.2, 0) is 13.5 Å². The minimum absolute atomic E-state index is 0.449. The predicted octanol–water partition coefficient (Wildman–Crippen LogP) is -1.69. The molecule has 0 aliphatic rings. The van der Waals surface area contributed by atoms with E-state index >= 15 is 0 Å². The van der Waals surface area contributed by atoms with Crippen LogP contribution in [0, 0.1) is 0 Å². The van der Waals surface area contributed by atoms with Crippen molar-refractivity contribution in [1.82, 2.24) is 40.8 Å². The number of hydrogen-bond donors (Lipinski definition) is 1. The third-order valence-electron chi connectivity index (χ3n) is 1.26. The summed E-state index contributed by atoms with van der Waals surface area (Å²) >= 11 is 0. The summed E-state index contributed by atoms with van der Waals surface area (Å²) in [5, 5.41) is 24.7. The fourth-order valence-corrected chi connectivity index (χ4v) is 0.793. The minimum atomic E-state index is 0.449. The highest BCUT2D eigenvalue weighted by Crippen LogP contribution is 1.93. The number of nitrogens with zero attached hydrogens (tertiary/aromatic N) is 7. The molecular formula is C4H6N8. The van der Waals surface area contributed by atoms with Gasteiger partial charge < -0.3 is 0 Å². The number of aryl methyl sites for hydroxylation is 1. The average molecular weight is 166 g/mol. The molecule has 0 saturated heterocycles. The summed E-state index contributed by atoms with van der Waals surface area (Å²) in [4.78, 5) is 1.38. The lowest BCUT2D eigenvalue weighted by atomic mass is 10.4. The molecule has 0 amide bonds. The fourth-order valence-electron chi connectivity index (χ4n) is 0.793. The summed E-state index contributed by atoms with van der Waals surface area (Å²) in [5.41, 5.74) is 0. The van der Waals surface area contributed by atoms with E-state index in [1.54, 1.807) is 7.05 Å². The summed E-state index contributed by atoms with van der Waals surface area (Å²) < 4.78 is 0. The Labute approximate surface area is 67.0 Å².